The van der Waals surface area contributed by atoms with E-state index in [9.17, 15) is 4.79 Å². The molecule has 1 unspecified atom stereocenters. The molecule has 0 radical (unpaired) electrons. The zero-order valence-corrected chi connectivity index (χ0v) is 12.3. The third-order valence-electron chi connectivity index (χ3n) is 3.75. The molecular formula is C15H25N3O. The van der Waals surface area contributed by atoms with E-state index in [-0.39, 0.29) is 11.9 Å². The maximum absolute atomic E-state index is 12.2. The molecule has 1 aromatic rings. The highest BCUT2D eigenvalue weighted by Gasteiger charge is 2.17. The van der Waals surface area contributed by atoms with Crippen LogP contribution in [0.25, 0.3) is 0 Å². The van der Waals surface area contributed by atoms with E-state index in [1.165, 1.54) is 0 Å². The first-order valence-electron chi connectivity index (χ1n) is 6.91. The lowest BCUT2D eigenvalue weighted by atomic mass is 9.95. The fourth-order valence-electron chi connectivity index (χ4n) is 2.41. The number of nitrogens with two attached hydrogens (primary N) is 1. The van der Waals surface area contributed by atoms with Crippen molar-refractivity contribution in [1.29, 1.82) is 0 Å². The molecule has 19 heavy (non-hydrogen) atoms. The first-order chi connectivity index (χ1) is 9.03. The Kier molecular flexibility index (Phi) is 5.83. The van der Waals surface area contributed by atoms with E-state index in [1.54, 1.807) is 6.07 Å². The van der Waals surface area contributed by atoms with E-state index < -0.39 is 0 Å². The van der Waals surface area contributed by atoms with Gasteiger partial charge in [0.1, 0.15) is 0 Å². The normalized spacial score (nSPS) is 12.3. The van der Waals surface area contributed by atoms with Crippen LogP contribution in [0.2, 0.25) is 0 Å². The lowest BCUT2D eigenvalue weighted by Gasteiger charge is -2.23. The second kappa shape index (κ2) is 7.14. The summed E-state index contributed by atoms with van der Waals surface area (Å²) in [5.41, 5.74) is 5.01. The van der Waals surface area contributed by atoms with E-state index in [0.717, 1.165) is 24.1 Å². The molecule has 1 atom stereocenters. The Morgan fingerprint density at radius 2 is 1.95 bits per heavy atom. The third-order valence-corrected chi connectivity index (χ3v) is 3.75. The van der Waals surface area contributed by atoms with Crippen molar-refractivity contribution in [3.05, 3.63) is 29.3 Å². The SMILES string of the molecule is CCC(CC)C(C)NC(=O)c1ccc(NN)cc1C. The van der Waals surface area contributed by atoms with Crippen molar-refractivity contribution in [2.24, 2.45) is 11.8 Å². The third kappa shape index (κ3) is 3.96. The fourth-order valence-corrected chi connectivity index (χ4v) is 2.41. The maximum atomic E-state index is 12.2. The number of hydrazine groups is 1. The van der Waals surface area contributed by atoms with Gasteiger partial charge < -0.3 is 10.7 Å². The quantitative estimate of drug-likeness (QED) is 0.546. The van der Waals surface area contributed by atoms with Crippen LogP contribution in [-0.4, -0.2) is 11.9 Å². The molecule has 0 spiro atoms. The van der Waals surface area contributed by atoms with Crippen LogP contribution in [-0.2, 0) is 0 Å². The van der Waals surface area contributed by atoms with Crippen molar-refractivity contribution in [3.8, 4) is 0 Å². The van der Waals surface area contributed by atoms with Crippen molar-refractivity contribution in [2.45, 2.75) is 46.6 Å². The number of aryl methyl sites for hydroxylation is 1. The Labute approximate surface area is 115 Å². The van der Waals surface area contributed by atoms with Gasteiger partial charge in [-0.05, 0) is 43.5 Å². The van der Waals surface area contributed by atoms with Gasteiger partial charge in [0.25, 0.3) is 5.91 Å². The van der Waals surface area contributed by atoms with E-state index in [0.29, 0.717) is 11.5 Å². The highest BCUT2D eigenvalue weighted by Crippen LogP contribution is 2.16. The second-order valence-electron chi connectivity index (χ2n) is 5.01. The van der Waals surface area contributed by atoms with Crippen LogP contribution in [0.1, 0.15) is 49.5 Å². The summed E-state index contributed by atoms with van der Waals surface area (Å²) >= 11 is 0. The predicted octanol–water partition coefficient (Wildman–Crippen LogP) is 2.84. The number of rotatable bonds is 6. The summed E-state index contributed by atoms with van der Waals surface area (Å²) in [6.45, 7) is 8.30. The number of carbonyl (C=O) groups excluding carboxylic acids is 1. The summed E-state index contributed by atoms with van der Waals surface area (Å²) in [5.74, 6) is 5.86. The molecule has 0 heterocycles. The second-order valence-corrected chi connectivity index (χ2v) is 5.01. The van der Waals surface area contributed by atoms with Crippen LogP contribution in [0.3, 0.4) is 0 Å². The number of nitrogen functional groups attached to an aromatic ring is 1. The predicted molar refractivity (Wildman–Crippen MR) is 80.0 cm³/mol. The van der Waals surface area contributed by atoms with Crippen molar-refractivity contribution >= 4 is 11.6 Å². The molecule has 1 aromatic carbocycles. The average Bonchev–Trinajstić information content (AvgIpc) is 2.39. The van der Waals surface area contributed by atoms with Gasteiger partial charge in [-0.3, -0.25) is 10.6 Å². The van der Waals surface area contributed by atoms with Crippen LogP contribution >= 0.6 is 0 Å². The summed E-state index contributed by atoms with van der Waals surface area (Å²) in [7, 11) is 0. The molecule has 0 saturated carbocycles. The largest absolute Gasteiger partial charge is 0.349 e. The van der Waals surface area contributed by atoms with Crippen LogP contribution in [0, 0.1) is 12.8 Å². The highest BCUT2D eigenvalue weighted by atomic mass is 16.1. The molecule has 4 N–H and O–H groups in total. The number of anilines is 1. The minimum absolute atomic E-state index is 0.0135. The van der Waals surface area contributed by atoms with E-state index in [4.69, 9.17) is 5.84 Å². The van der Waals surface area contributed by atoms with Gasteiger partial charge in [-0.25, -0.2) is 0 Å². The molecule has 1 rings (SSSR count). The summed E-state index contributed by atoms with van der Waals surface area (Å²) in [5, 5.41) is 3.09. The van der Waals surface area contributed by atoms with Gasteiger partial charge >= 0.3 is 0 Å². The lowest BCUT2D eigenvalue weighted by Crippen LogP contribution is -2.38. The Morgan fingerprint density at radius 1 is 1.32 bits per heavy atom. The van der Waals surface area contributed by atoms with Crippen LogP contribution in [0.4, 0.5) is 5.69 Å². The highest BCUT2D eigenvalue weighted by molar-refractivity contribution is 5.96. The molecule has 0 bridgehead atoms. The van der Waals surface area contributed by atoms with Crippen molar-refractivity contribution < 1.29 is 4.79 Å². The Balaban J connectivity index is 2.78. The molecule has 0 aromatic heterocycles. The van der Waals surface area contributed by atoms with E-state index >= 15 is 0 Å². The molecule has 0 aliphatic carbocycles. The molecule has 106 valence electrons. The Morgan fingerprint density at radius 3 is 2.42 bits per heavy atom. The Bertz CT molecular complexity index is 427. The summed E-state index contributed by atoms with van der Waals surface area (Å²) in [6.07, 6.45) is 2.15. The topological polar surface area (TPSA) is 67.2 Å². The summed E-state index contributed by atoms with van der Waals surface area (Å²) in [4.78, 5) is 12.2. The number of carbonyl (C=O) groups is 1. The minimum Gasteiger partial charge on any atom is -0.349 e. The molecule has 0 aliphatic heterocycles. The Hall–Kier alpha value is -1.55. The molecule has 4 nitrogen and oxygen atoms in total. The minimum atomic E-state index is -0.0135. The summed E-state index contributed by atoms with van der Waals surface area (Å²) in [6, 6.07) is 5.68. The number of benzene rings is 1. The van der Waals surface area contributed by atoms with Crippen LogP contribution in [0.15, 0.2) is 18.2 Å². The van der Waals surface area contributed by atoms with Gasteiger partial charge in [0.05, 0.1) is 0 Å². The summed E-state index contributed by atoms with van der Waals surface area (Å²) < 4.78 is 0. The number of hydrogen-bond acceptors (Lipinski definition) is 3. The molecular weight excluding hydrogens is 238 g/mol. The van der Waals surface area contributed by atoms with Gasteiger partial charge in [0, 0.05) is 17.3 Å². The first kappa shape index (κ1) is 15.5. The molecule has 0 fully saturated rings. The number of hydrogen-bond donors (Lipinski definition) is 3. The standard InChI is InChI=1S/C15H25N3O/c1-5-12(6-2)11(4)17-15(19)14-8-7-13(18-16)9-10(14)3/h7-9,11-12,18H,5-6,16H2,1-4H3,(H,17,19). The van der Waals surface area contributed by atoms with Crippen molar-refractivity contribution in [2.75, 3.05) is 5.43 Å². The number of nitrogens with one attached hydrogen (secondary N) is 2. The van der Waals surface area contributed by atoms with Crippen LogP contribution < -0.4 is 16.6 Å². The smallest absolute Gasteiger partial charge is 0.251 e. The average molecular weight is 263 g/mol. The van der Waals surface area contributed by atoms with E-state index in [1.807, 2.05) is 19.1 Å². The lowest BCUT2D eigenvalue weighted by molar-refractivity contribution is 0.0924. The van der Waals surface area contributed by atoms with E-state index in [2.05, 4.69) is 31.5 Å². The molecule has 1 amide bonds. The zero-order valence-electron chi connectivity index (χ0n) is 12.3. The molecule has 4 heteroatoms. The van der Waals surface area contributed by atoms with Gasteiger partial charge in [0.15, 0.2) is 0 Å². The van der Waals surface area contributed by atoms with Gasteiger partial charge in [0.2, 0.25) is 0 Å². The van der Waals surface area contributed by atoms with Gasteiger partial charge in [-0.1, -0.05) is 26.7 Å². The zero-order chi connectivity index (χ0) is 14.4. The maximum Gasteiger partial charge on any atom is 0.251 e. The van der Waals surface area contributed by atoms with Crippen molar-refractivity contribution in [3.63, 3.8) is 0 Å². The fraction of sp³-hybridized carbons (Fsp3) is 0.533. The molecule has 0 saturated heterocycles. The molecule has 0 aliphatic rings. The van der Waals surface area contributed by atoms with Gasteiger partial charge in [-0.2, -0.15) is 0 Å². The number of amides is 1. The first-order valence-corrected chi connectivity index (χ1v) is 6.91. The van der Waals surface area contributed by atoms with Crippen molar-refractivity contribution in [1.82, 2.24) is 5.32 Å². The van der Waals surface area contributed by atoms with Gasteiger partial charge in [-0.15, -0.1) is 0 Å². The van der Waals surface area contributed by atoms with Crippen LogP contribution in [0.5, 0.6) is 0 Å². The monoisotopic (exact) mass is 263 g/mol.